The lowest BCUT2D eigenvalue weighted by atomic mass is 10.7. The predicted molar refractivity (Wildman–Crippen MR) is 74.9 cm³/mol. The molecule has 19 heavy (non-hydrogen) atoms. The smallest absolute Gasteiger partial charge is 0.381 e. The molecule has 1 unspecified atom stereocenters. The first-order valence-corrected chi connectivity index (χ1v) is 9.89. The molecular formula is C8H14ClN2O5PS2. The Balaban J connectivity index is 3.22. The van der Waals surface area contributed by atoms with Crippen LogP contribution in [0.15, 0.2) is 5.03 Å². The largest absolute Gasteiger partial charge is 0.402 e. The molecule has 0 radical (unpaired) electrons. The molecule has 0 aliphatic rings. The maximum Gasteiger partial charge on any atom is 0.381 e. The predicted octanol–water partition coefficient (Wildman–Crippen LogP) is 1.76. The fourth-order valence-electron chi connectivity index (χ4n) is 1.30. The van der Waals surface area contributed by atoms with Gasteiger partial charge in [0.1, 0.15) is 5.02 Å². The van der Waals surface area contributed by atoms with Gasteiger partial charge in [-0.05, 0) is 6.92 Å². The molecule has 1 aromatic heterocycles. The Hall–Kier alpha value is -0.180. The van der Waals surface area contributed by atoms with E-state index in [1.54, 1.807) is 6.92 Å². The Morgan fingerprint density at radius 3 is 2.47 bits per heavy atom. The van der Waals surface area contributed by atoms with E-state index in [9.17, 15) is 8.42 Å². The third kappa shape index (κ3) is 3.90. The molecule has 110 valence electrons. The summed E-state index contributed by atoms with van der Waals surface area (Å²) in [5.74, 6) is -0.122. The van der Waals surface area contributed by atoms with Crippen molar-refractivity contribution in [2.75, 3.05) is 20.0 Å². The molecule has 0 aliphatic heterocycles. The first-order valence-electron chi connectivity index (χ1n) is 5.07. The maximum absolute atomic E-state index is 11.6. The summed E-state index contributed by atoms with van der Waals surface area (Å²) in [5.41, 5.74) is 0. The Kier molecular flexibility index (Phi) is 5.39. The van der Waals surface area contributed by atoms with Crippen molar-refractivity contribution in [2.24, 2.45) is 7.05 Å². The summed E-state index contributed by atoms with van der Waals surface area (Å²) in [6.45, 7) is -1.02. The molecule has 0 fully saturated rings. The molecule has 0 aliphatic carbocycles. The fraction of sp³-hybridized carbons (Fsp3) is 0.625. The number of rotatable bonds is 6. The monoisotopic (exact) mass is 348 g/mol. The third-order valence-corrected chi connectivity index (χ3v) is 6.00. The van der Waals surface area contributed by atoms with Gasteiger partial charge in [-0.25, -0.2) is 8.42 Å². The molecular weight excluding hydrogens is 335 g/mol. The summed E-state index contributed by atoms with van der Waals surface area (Å²) in [6.07, 6.45) is 1.02. The summed E-state index contributed by atoms with van der Waals surface area (Å²) < 4.78 is 39.8. The Labute approximate surface area is 122 Å². The lowest BCUT2D eigenvalue weighted by molar-refractivity contribution is 0.239. The minimum atomic E-state index is -3.53. The molecule has 0 spiro atoms. The first-order chi connectivity index (χ1) is 8.64. The van der Waals surface area contributed by atoms with Crippen LogP contribution >= 0.6 is 18.3 Å². The molecule has 0 amide bonds. The SMILES string of the molecule is CCOP(=S)(OC)Oc1nn(C)c(S(C)(=O)=O)c1Cl. The number of hydrogen-bond donors (Lipinski definition) is 0. The summed E-state index contributed by atoms with van der Waals surface area (Å²) >= 11 is 11.0. The molecule has 11 heteroatoms. The van der Waals surface area contributed by atoms with Crippen LogP contribution in [-0.4, -0.2) is 38.2 Å². The molecule has 0 bridgehead atoms. The number of halogens is 1. The van der Waals surface area contributed by atoms with Crippen LogP contribution in [0.25, 0.3) is 0 Å². The topological polar surface area (TPSA) is 79.7 Å². The van der Waals surface area contributed by atoms with Crippen molar-refractivity contribution in [1.82, 2.24) is 9.78 Å². The molecule has 0 saturated carbocycles. The lowest BCUT2D eigenvalue weighted by Crippen LogP contribution is -2.05. The van der Waals surface area contributed by atoms with E-state index < -0.39 is 16.6 Å². The molecule has 0 N–H and O–H groups in total. The minimum Gasteiger partial charge on any atom is -0.402 e. The average molecular weight is 349 g/mol. The van der Waals surface area contributed by atoms with E-state index in [2.05, 4.69) is 5.10 Å². The van der Waals surface area contributed by atoms with Gasteiger partial charge in [0, 0.05) is 32.2 Å². The molecule has 1 aromatic rings. The Morgan fingerprint density at radius 2 is 2.11 bits per heavy atom. The van der Waals surface area contributed by atoms with Gasteiger partial charge < -0.3 is 9.05 Å². The van der Waals surface area contributed by atoms with E-state index in [1.807, 2.05) is 0 Å². The maximum atomic E-state index is 11.6. The van der Waals surface area contributed by atoms with E-state index in [4.69, 9.17) is 37.0 Å². The van der Waals surface area contributed by atoms with Crippen LogP contribution in [0.4, 0.5) is 0 Å². The summed E-state index contributed by atoms with van der Waals surface area (Å²) in [5, 5.41) is 3.58. The molecule has 1 atom stereocenters. The van der Waals surface area contributed by atoms with E-state index in [0.29, 0.717) is 0 Å². The van der Waals surface area contributed by atoms with Gasteiger partial charge in [-0.3, -0.25) is 9.21 Å². The van der Waals surface area contributed by atoms with Crippen LogP contribution in [-0.2, 0) is 37.7 Å². The summed E-state index contributed by atoms with van der Waals surface area (Å²) in [6, 6.07) is 0. The molecule has 1 heterocycles. The second-order valence-corrected chi connectivity index (χ2v) is 8.81. The van der Waals surface area contributed by atoms with Gasteiger partial charge in [-0.2, -0.15) is 0 Å². The zero-order valence-electron chi connectivity index (χ0n) is 10.8. The summed E-state index contributed by atoms with van der Waals surface area (Å²) in [4.78, 5) is 0. The van der Waals surface area contributed by atoms with Crippen LogP contribution < -0.4 is 4.52 Å². The van der Waals surface area contributed by atoms with E-state index in [1.165, 1.54) is 14.2 Å². The van der Waals surface area contributed by atoms with Crippen molar-refractivity contribution in [3.8, 4) is 5.88 Å². The highest BCUT2D eigenvalue weighted by Crippen LogP contribution is 2.50. The highest BCUT2D eigenvalue weighted by Gasteiger charge is 2.28. The van der Waals surface area contributed by atoms with Crippen molar-refractivity contribution in [1.29, 1.82) is 0 Å². The Morgan fingerprint density at radius 1 is 1.53 bits per heavy atom. The summed E-state index contributed by atoms with van der Waals surface area (Å²) in [7, 11) is -0.758. The lowest BCUT2D eigenvalue weighted by Gasteiger charge is -2.17. The van der Waals surface area contributed by atoms with Gasteiger partial charge in [0.25, 0.3) is 5.88 Å². The van der Waals surface area contributed by atoms with Gasteiger partial charge in [0.05, 0.1) is 6.61 Å². The standard InChI is InChI=1S/C8H14ClN2O5PS2/c1-5-15-17(18,14-3)16-7-6(9)8(11(2)10-7)19(4,12)13/h5H2,1-4H3. The average Bonchev–Trinajstić information content (AvgIpc) is 2.53. The van der Waals surface area contributed by atoms with Crippen molar-refractivity contribution in [3.63, 3.8) is 0 Å². The van der Waals surface area contributed by atoms with Crippen molar-refractivity contribution in [3.05, 3.63) is 5.02 Å². The van der Waals surface area contributed by atoms with E-state index >= 15 is 0 Å². The zero-order chi connectivity index (χ0) is 14.8. The second-order valence-electron chi connectivity index (χ2n) is 3.46. The number of aryl methyl sites for hydroxylation is 1. The van der Waals surface area contributed by atoms with Crippen LogP contribution in [0.5, 0.6) is 5.88 Å². The van der Waals surface area contributed by atoms with E-state index in [-0.39, 0.29) is 22.5 Å². The van der Waals surface area contributed by atoms with Gasteiger partial charge >= 0.3 is 6.72 Å². The quantitative estimate of drug-likeness (QED) is 0.725. The van der Waals surface area contributed by atoms with Gasteiger partial charge in [-0.15, -0.1) is 5.10 Å². The van der Waals surface area contributed by atoms with Gasteiger partial charge in [0.15, 0.2) is 14.9 Å². The highest BCUT2D eigenvalue weighted by molar-refractivity contribution is 8.07. The van der Waals surface area contributed by atoms with Crippen molar-refractivity contribution in [2.45, 2.75) is 11.9 Å². The third-order valence-electron chi connectivity index (χ3n) is 1.97. The first kappa shape index (κ1) is 16.9. The van der Waals surface area contributed by atoms with Crippen LogP contribution in [0.1, 0.15) is 6.92 Å². The second kappa shape index (κ2) is 6.07. The molecule has 1 rings (SSSR count). The van der Waals surface area contributed by atoms with Crippen LogP contribution in [0.2, 0.25) is 5.02 Å². The van der Waals surface area contributed by atoms with E-state index in [0.717, 1.165) is 10.9 Å². The Bertz CT molecular complexity index is 615. The van der Waals surface area contributed by atoms with Gasteiger partial charge in [0.2, 0.25) is 0 Å². The normalized spacial score (nSPS) is 15.2. The fourth-order valence-corrected chi connectivity index (χ4v) is 4.32. The van der Waals surface area contributed by atoms with Crippen LogP contribution in [0, 0.1) is 0 Å². The molecule has 7 nitrogen and oxygen atoms in total. The molecule has 0 aromatic carbocycles. The van der Waals surface area contributed by atoms with Crippen LogP contribution in [0.3, 0.4) is 0 Å². The number of nitrogens with zero attached hydrogens (tertiary/aromatic N) is 2. The minimum absolute atomic E-state index is 0.122. The van der Waals surface area contributed by atoms with Crippen molar-refractivity contribution < 1.29 is 22.0 Å². The zero-order valence-corrected chi connectivity index (χ0v) is 14.1. The highest BCUT2D eigenvalue weighted by atomic mass is 35.5. The molecule has 0 saturated heterocycles. The number of sulfone groups is 1. The van der Waals surface area contributed by atoms with Gasteiger partial charge in [-0.1, -0.05) is 11.6 Å². The number of hydrogen-bond acceptors (Lipinski definition) is 7. The number of aromatic nitrogens is 2. The van der Waals surface area contributed by atoms with Crippen molar-refractivity contribution >= 4 is 40.0 Å².